The topological polar surface area (TPSA) is 0 Å². The van der Waals surface area contributed by atoms with Gasteiger partial charge in [-0.05, 0) is 0 Å². The van der Waals surface area contributed by atoms with Crippen LogP contribution >= 0.6 is 0 Å². The van der Waals surface area contributed by atoms with Crippen LogP contribution in [0.25, 0.3) is 0 Å². The van der Waals surface area contributed by atoms with Crippen molar-refractivity contribution in [3.05, 3.63) is 0 Å². The van der Waals surface area contributed by atoms with Crippen LogP contribution in [0.5, 0.6) is 0 Å². The van der Waals surface area contributed by atoms with E-state index in [0.29, 0.717) is 0 Å². The summed E-state index contributed by atoms with van der Waals surface area (Å²) in [7, 11) is 0. The minimum atomic E-state index is 0. The van der Waals surface area contributed by atoms with E-state index >= 15 is 0 Å². The molecule has 0 atom stereocenters. The predicted octanol–water partition coefficient (Wildman–Crippen LogP) is -1.14. The van der Waals surface area contributed by atoms with Gasteiger partial charge in [0.25, 0.3) is 0 Å². The zero-order valence-electron chi connectivity index (χ0n) is 2.12. The van der Waals surface area contributed by atoms with E-state index in [0.717, 1.165) is 0 Å². The van der Waals surface area contributed by atoms with Gasteiger partial charge in [0.2, 0.25) is 0 Å². The van der Waals surface area contributed by atoms with Crippen molar-refractivity contribution in [2.45, 2.75) is 0 Å². The van der Waals surface area contributed by atoms with Crippen molar-refractivity contribution in [2.75, 3.05) is 0 Å². The van der Waals surface area contributed by atoms with Crippen LogP contribution in [-0.4, -0.2) is 51.2 Å². The van der Waals surface area contributed by atoms with Gasteiger partial charge in [-0.25, -0.2) is 0 Å². The average molecular weight is 527 g/mol. The van der Waals surface area contributed by atoms with E-state index in [-0.39, 0.29) is 132 Å². The van der Waals surface area contributed by atoms with Crippen molar-refractivity contribution in [1.82, 2.24) is 0 Å². The molecule has 0 fully saturated rings. The minimum Gasteiger partial charge on any atom is -2.00 e. The summed E-state index contributed by atoms with van der Waals surface area (Å²) in [6.45, 7) is 0. The second-order valence-electron chi connectivity index (χ2n) is 0. The fourth-order valence-corrected chi connectivity index (χ4v) is 0. The first-order valence-electron chi connectivity index (χ1n) is 0. The molecular formula is Pm2Se3. The van der Waals surface area contributed by atoms with Crippen molar-refractivity contribution in [1.29, 1.82) is 0 Å². The van der Waals surface area contributed by atoms with Crippen molar-refractivity contribution < 1.29 is 80.8 Å². The van der Waals surface area contributed by atoms with E-state index < -0.39 is 0 Å². The molecule has 0 radical (unpaired) electrons. The fraction of sp³-hybridized carbons (Fsp3) is 0. The zero-order valence-corrected chi connectivity index (χ0v) is 13.0. The summed E-state index contributed by atoms with van der Waals surface area (Å²) in [5.41, 5.74) is 0. The molecule has 0 unspecified atom stereocenters. The maximum Gasteiger partial charge on any atom is 3.00 e. The molecule has 0 saturated heterocycles. The molecule has 0 aromatic heterocycles. The Balaban J connectivity index is 0. The first-order chi connectivity index (χ1) is 0. The van der Waals surface area contributed by atoms with Crippen molar-refractivity contribution in [3.63, 3.8) is 0 Å². The molecule has 0 spiro atoms. The Morgan fingerprint density at radius 3 is 0.400 bits per heavy atom. The summed E-state index contributed by atoms with van der Waals surface area (Å²) in [6.07, 6.45) is 0. The Kier molecular flexibility index (Phi) is 168. The van der Waals surface area contributed by atoms with Crippen LogP contribution in [0.2, 0.25) is 0 Å². The normalized spacial score (nSPS) is 0. The van der Waals surface area contributed by atoms with Crippen LogP contribution in [0, 0.1) is 80.8 Å². The molecule has 0 rings (SSSR count). The summed E-state index contributed by atoms with van der Waals surface area (Å²) in [5, 5.41) is 0. The molecule has 0 aromatic rings. The Hall–Kier alpha value is 4.23. The van der Waals surface area contributed by atoms with E-state index in [1.165, 1.54) is 0 Å². The molecule has 0 aliphatic heterocycles. The van der Waals surface area contributed by atoms with Gasteiger partial charge in [-0.3, -0.25) is 0 Å². The van der Waals surface area contributed by atoms with Crippen LogP contribution < -0.4 is 0 Å². The molecule has 0 amide bonds. The van der Waals surface area contributed by atoms with Gasteiger partial charge in [-0.2, -0.15) is 0 Å². The smallest absolute Gasteiger partial charge is 2.00 e. The van der Waals surface area contributed by atoms with Gasteiger partial charge < -0.3 is 51.2 Å². The van der Waals surface area contributed by atoms with Gasteiger partial charge in [0.1, 0.15) is 0 Å². The monoisotopic (exact) mass is 530 g/mol. The first kappa shape index (κ1) is 34.9. The van der Waals surface area contributed by atoms with E-state index in [2.05, 4.69) is 0 Å². The fourth-order valence-electron chi connectivity index (χ4n) is 0. The molecule has 28 valence electrons. The maximum absolute atomic E-state index is 0. The molecule has 0 nitrogen and oxygen atoms in total. The van der Waals surface area contributed by atoms with Crippen LogP contribution in [0.3, 0.4) is 0 Å². The van der Waals surface area contributed by atoms with Crippen LogP contribution in [0.4, 0.5) is 0 Å². The van der Waals surface area contributed by atoms with Crippen LogP contribution in [0.1, 0.15) is 0 Å². The molecule has 0 bridgehead atoms. The SMILES string of the molecule is [Pm+3].[Pm+3].[Se-2].[Se-2].[Se-2]. The summed E-state index contributed by atoms with van der Waals surface area (Å²) in [5.74, 6) is 0. The third-order valence-electron chi connectivity index (χ3n) is 0. The molecule has 5 heavy (non-hydrogen) atoms. The third kappa shape index (κ3) is 17.9. The molecule has 0 saturated carbocycles. The van der Waals surface area contributed by atoms with E-state index in [9.17, 15) is 0 Å². The van der Waals surface area contributed by atoms with Crippen molar-refractivity contribution in [3.8, 4) is 0 Å². The molecule has 0 heterocycles. The van der Waals surface area contributed by atoms with Gasteiger partial charge in [0.15, 0.2) is 0 Å². The molecule has 0 aliphatic rings. The third-order valence-corrected chi connectivity index (χ3v) is 0. The van der Waals surface area contributed by atoms with Gasteiger partial charge in [-0.1, -0.05) is 0 Å². The summed E-state index contributed by atoms with van der Waals surface area (Å²) >= 11 is 0. The van der Waals surface area contributed by atoms with Gasteiger partial charge in [0.05, 0.1) is 0 Å². The zero-order chi connectivity index (χ0) is 0. The second-order valence-corrected chi connectivity index (χ2v) is 0. The summed E-state index contributed by atoms with van der Waals surface area (Å²) in [4.78, 5) is 0. The first-order valence-corrected chi connectivity index (χ1v) is 0. The number of rotatable bonds is 0. The molecular weight excluding hydrogens is 527 g/mol. The van der Waals surface area contributed by atoms with Crippen LogP contribution in [0.15, 0.2) is 0 Å². The largest absolute Gasteiger partial charge is 3.00 e. The quantitative estimate of drug-likeness (QED) is 0.350. The van der Waals surface area contributed by atoms with Gasteiger partial charge in [0, 0.05) is 0 Å². The Labute approximate surface area is 128 Å². The predicted molar refractivity (Wildman–Crippen MR) is 17.3 cm³/mol. The number of hydrogen-bond acceptors (Lipinski definition) is 0. The van der Waals surface area contributed by atoms with E-state index in [4.69, 9.17) is 0 Å². The molecule has 0 aromatic carbocycles. The molecule has 5 heteroatoms. The standard InChI is InChI=1S/2Pm.3Se/q2*+3;3*-2. The van der Waals surface area contributed by atoms with Gasteiger partial charge >= 0.3 is 80.8 Å². The minimum absolute atomic E-state index is 0. The Bertz CT molecular complexity index is 4.85. The second kappa shape index (κ2) is 24.0. The summed E-state index contributed by atoms with van der Waals surface area (Å²) in [6, 6.07) is 0. The van der Waals surface area contributed by atoms with Crippen molar-refractivity contribution in [2.24, 2.45) is 0 Å². The molecule has 0 N–H and O–H groups in total. The average Bonchev–Trinajstić information content (AvgIpc) is 0. The number of hydrogen-bond donors (Lipinski definition) is 0. The summed E-state index contributed by atoms with van der Waals surface area (Å²) < 4.78 is 0. The maximum atomic E-state index is 0. The van der Waals surface area contributed by atoms with E-state index in [1.54, 1.807) is 0 Å². The van der Waals surface area contributed by atoms with E-state index in [1.807, 2.05) is 0 Å². The van der Waals surface area contributed by atoms with Crippen molar-refractivity contribution >= 4 is 51.2 Å². The van der Waals surface area contributed by atoms with Gasteiger partial charge in [-0.15, -0.1) is 0 Å². The Morgan fingerprint density at radius 2 is 0.400 bits per heavy atom. The Morgan fingerprint density at radius 1 is 0.400 bits per heavy atom. The van der Waals surface area contributed by atoms with Crippen LogP contribution in [-0.2, 0) is 0 Å². The molecule has 0 aliphatic carbocycles.